The zero-order valence-electron chi connectivity index (χ0n) is 14.9. The summed E-state index contributed by atoms with van der Waals surface area (Å²) in [5.41, 5.74) is 3.52. The van der Waals surface area contributed by atoms with Gasteiger partial charge in [0.2, 0.25) is 6.79 Å². The van der Waals surface area contributed by atoms with Crippen LogP contribution in [0.5, 0.6) is 17.2 Å². The van der Waals surface area contributed by atoms with Gasteiger partial charge in [-0.1, -0.05) is 27.2 Å². The maximum atomic E-state index is 6.39. The first-order valence-electron chi connectivity index (χ1n) is 9.30. The van der Waals surface area contributed by atoms with Gasteiger partial charge in [-0.25, -0.2) is 0 Å². The van der Waals surface area contributed by atoms with Gasteiger partial charge in [0, 0.05) is 24.5 Å². The van der Waals surface area contributed by atoms with E-state index in [4.69, 9.17) is 14.2 Å². The summed E-state index contributed by atoms with van der Waals surface area (Å²) in [6.07, 6.45) is 7.31. The van der Waals surface area contributed by atoms with Crippen molar-refractivity contribution in [2.75, 3.05) is 6.79 Å². The van der Waals surface area contributed by atoms with E-state index in [0.717, 1.165) is 36.0 Å². The summed E-state index contributed by atoms with van der Waals surface area (Å²) < 4.78 is 17.5. The van der Waals surface area contributed by atoms with E-state index in [2.05, 4.69) is 26.8 Å². The van der Waals surface area contributed by atoms with Crippen molar-refractivity contribution in [2.24, 2.45) is 16.7 Å². The Morgan fingerprint density at radius 3 is 2.62 bits per heavy atom. The fourth-order valence-corrected chi connectivity index (χ4v) is 5.87. The van der Waals surface area contributed by atoms with Crippen LogP contribution in [0.2, 0.25) is 0 Å². The highest BCUT2D eigenvalue weighted by molar-refractivity contribution is 5.55. The van der Waals surface area contributed by atoms with E-state index in [0.29, 0.717) is 12.2 Å². The lowest BCUT2D eigenvalue weighted by Gasteiger charge is -2.55. The molecule has 1 fully saturated rings. The molecule has 1 saturated carbocycles. The molecule has 2 atom stereocenters. The van der Waals surface area contributed by atoms with E-state index in [9.17, 15) is 0 Å². The predicted molar refractivity (Wildman–Crippen MR) is 92.4 cm³/mol. The van der Waals surface area contributed by atoms with Gasteiger partial charge in [0.1, 0.15) is 11.5 Å². The SMILES string of the molecule is CC1(C)CCC[C@]2(C)C3=C(CC[C@@H]12)Oc1cc2c(cc1C3)OCO2. The third kappa shape index (κ3) is 1.90. The molecule has 0 N–H and O–H groups in total. The number of fused-ring (bicyclic) bond motifs is 4. The Bertz CT molecular complexity index is 746. The van der Waals surface area contributed by atoms with E-state index >= 15 is 0 Å². The van der Waals surface area contributed by atoms with Crippen LogP contribution in [0, 0.1) is 16.7 Å². The average molecular weight is 326 g/mol. The first-order chi connectivity index (χ1) is 11.5. The lowest BCUT2D eigenvalue weighted by molar-refractivity contribution is 0.00363. The first kappa shape index (κ1) is 14.7. The molecule has 0 bridgehead atoms. The van der Waals surface area contributed by atoms with Crippen molar-refractivity contribution in [1.29, 1.82) is 0 Å². The van der Waals surface area contributed by atoms with Crippen LogP contribution in [0.3, 0.4) is 0 Å². The maximum absolute atomic E-state index is 6.39. The van der Waals surface area contributed by atoms with Crippen molar-refractivity contribution in [3.05, 3.63) is 29.0 Å². The molecule has 1 aromatic rings. The number of hydrogen-bond acceptors (Lipinski definition) is 3. The third-order valence-electron chi connectivity index (χ3n) is 7.07. The van der Waals surface area contributed by atoms with Crippen LogP contribution in [0.25, 0.3) is 0 Å². The Balaban J connectivity index is 1.57. The van der Waals surface area contributed by atoms with Gasteiger partial charge in [-0.3, -0.25) is 0 Å². The molecular weight excluding hydrogens is 300 g/mol. The number of benzene rings is 1. The van der Waals surface area contributed by atoms with Gasteiger partial charge >= 0.3 is 0 Å². The highest BCUT2D eigenvalue weighted by atomic mass is 16.7. The van der Waals surface area contributed by atoms with Crippen LogP contribution in [0.4, 0.5) is 0 Å². The molecule has 0 aromatic heterocycles. The standard InChI is InChI=1S/C21H26O3/c1-20(2)7-4-8-21(3)14-9-13-10-17-18(23-12-22-17)11-16(13)24-15(14)5-6-19(20)21/h10-11,19H,4-9,12H2,1-3H3/t19-,21+/m0/s1. The highest BCUT2D eigenvalue weighted by Crippen LogP contribution is 2.61. The van der Waals surface area contributed by atoms with E-state index in [1.807, 2.05) is 6.07 Å². The van der Waals surface area contributed by atoms with Crippen molar-refractivity contribution in [3.8, 4) is 17.2 Å². The molecule has 1 aromatic carbocycles. The van der Waals surface area contributed by atoms with Gasteiger partial charge in [0.05, 0.1) is 0 Å². The molecule has 0 amide bonds. The molecule has 2 heterocycles. The monoisotopic (exact) mass is 326 g/mol. The van der Waals surface area contributed by atoms with Crippen molar-refractivity contribution in [3.63, 3.8) is 0 Å². The van der Waals surface area contributed by atoms with Gasteiger partial charge in [0.25, 0.3) is 0 Å². The molecule has 2 aliphatic heterocycles. The average Bonchev–Trinajstić information content (AvgIpc) is 2.97. The summed E-state index contributed by atoms with van der Waals surface area (Å²) >= 11 is 0. The minimum absolute atomic E-state index is 0.281. The number of allylic oxidation sites excluding steroid dienone is 2. The van der Waals surface area contributed by atoms with Gasteiger partial charge in [-0.05, 0) is 47.6 Å². The number of ether oxygens (including phenoxy) is 3. The number of hydrogen-bond donors (Lipinski definition) is 0. The minimum atomic E-state index is 0.281. The molecule has 0 spiro atoms. The van der Waals surface area contributed by atoms with E-state index < -0.39 is 0 Å². The van der Waals surface area contributed by atoms with Gasteiger partial charge in [0.15, 0.2) is 11.5 Å². The number of rotatable bonds is 0. The molecule has 3 heteroatoms. The summed E-state index contributed by atoms with van der Waals surface area (Å²) in [5, 5.41) is 0. The fraction of sp³-hybridized carbons (Fsp3) is 0.619. The van der Waals surface area contributed by atoms with E-state index in [-0.39, 0.29) is 5.41 Å². The van der Waals surface area contributed by atoms with Crippen LogP contribution in [0.1, 0.15) is 58.4 Å². The minimum Gasteiger partial charge on any atom is -0.461 e. The largest absolute Gasteiger partial charge is 0.461 e. The smallest absolute Gasteiger partial charge is 0.231 e. The molecule has 128 valence electrons. The quantitative estimate of drug-likeness (QED) is 0.653. The van der Waals surface area contributed by atoms with E-state index in [1.54, 1.807) is 5.57 Å². The molecule has 24 heavy (non-hydrogen) atoms. The normalized spacial score (nSPS) is 32.5. The van der Waals surface area contributed by atoms with Gasteiger partial charge in [-0.2, -0.15) is 0 Å². The van der Waals surface area contributed by atoms with Crippen LogP contribution < -0.4 is 14.2 Å². The Morgan fingerprint density at radius 1 is 1.00 bits per heavy atom. The van der Waals surface area contributed by atoms with Gasteiger partial charge in [-0.15, -0.1) is 0 Å². The van der Waals surface area contributed by atoms with Gasteiger partial charge < -0.3 is 14.2 Å². The van der Waals surface area contributed by atoms with Crippen LogP contribution >= 0.6 is 0 Å². The second-order valence-electron chi connectivity index (χ2n) is 8.84. The fourth-order valence-electron chi connectivity index (χ4n) is 5.87. The predicted octanol–water partition coefficient (Wildman–Crippen LogP) is 5.23. The Morgan fingerprint density at radius 2 is 1.79 bits per heavy atom. The lowest BCUT2D eigenvalue weighted by Crippen LogP contribution is -2.47. The van der Waals surface area contributed by atoms with Crippen molar-refractivity contribution < 1.29 is 14.2 Å². The third-order valence-corrected chi connectivity index (χ3v) is 7.07. The zero-order chi connectivity index (χ0) is 16.5. The molecule has 2 aliphatic carbocycles. The summed E-state index contributed by atoms with van der Waals surface area (Å²) in [7, 11) is 0. The van der Waals surface area contributed by atoms with Crippen molar-refractivity contribution in [1.82, 2.24) is 0 Å². The summed E-state index contributed by atoms with van der Waals surface area (Å²) in [6, 6.07) is 4.14. The van der Waals surface area contributed by atoms with Crippen LogP contribution in [-0.2, 0) is 6.42 Å². The lowest BCUT2D eigenvalue weighted by atomic mass is 9.50. The Labute approximate surface area is 144 Å². The van der Waals surface area contributed by atoms with Crippen LogP contribution in [0.15, 0.2) is 23.5 Å². The Kier molecular flexibility index (Phi) is 2.88. The molecular formula is C21H26O3. The highest BCUT2D eigenvalue weighted by Gasteiger charge is 2.52. The summed E-state index contributed by atoms with van der Waals surface area (Å²) in [4.78, 5) is 0. The van der Waals surface area contributed by atoms with Crippen molar-refractivity contribution >= 4 is 0 Å². The molecule has 0 saturated heterocycles. The molecule has 0 unspecified atom stereocenters. The summed E-state index contributed by atoms with van der Waals surface area (Å²) in [6.45, 7) is 7.75. The van der Waals surface area contributed by atoms with Crippen molar-refractivity contribution in [2.45, 2.75) is 59.3 Å². The second-order valence-corrected chi connectivity index (χ2v) is 8.84. The maximum Gasteiger partial charge on any atom is 0.231 e. The summed E-state index contributed by atoms with van der Waals surface area (Å²) in [5.74, 6) is 4.64. The van der Waals surface area contributed by atoms with Crippen LogP contribution in [-0.4, -0.2) is 6.79 Å². The molecule has 4 aliphatic rings. The Hall–Kier alpha value is -1.64. The van der Waals surface area contributed by atoms with E-state index in [1.165, 1.54) is 37.0 Å². The molecule has 0 radical (unpaired) electrons. The zero-order valence-corrected chi connectivity index (χ0v) is 14.9. The molecule has 5 rings (SSSR count). The first-order valence-corrected chi connectivity index (χ1v) is 9.30. The molecule has 3 nitrogen and oxygen atoms in total. The second kappa shape index (κ2) is 4.71. The topological polar surface area (TPSA) is 27.7 Å².